The Balaban J connectivity index is 0.00000420. The quantitative estimate of drug-likeness (QED) is 0.208. The van der Waals surface area contributed by atoms with Crippen LogP contribution in [-0.4, -0.2) is 38.6 Å². The van der Waals surface area contributed by atoms with Crippen LogP contribution in [0.4, 0.5) is 4.39 Å². The largest absolute Gasteiger partial charge is 0.494 e. The van der Waals surface area contributed by atoms with Gasteiger partial charge < -0.3 is 20.7 Å². The molecule has 3 N–H and O–H groups in total. The van der Waals surface area contributed by atoms with Crippen LogP contribution in [0, 0.1) is 5.82 Å². The zero-order valence-corrected chi connectivity index (χ0v) is 19.0. The number of hydrogen-bond donors (Lipinski definition) is 3. The van der Waals surface area contributed by atoms with Crippen molar-refractivity contribution in [2.45, 2.75) is 19.9 Å². The fourth-order valence-corrected chi connectivity index (χ4v) is 2.62. The van der Waals surface area contributed by atoms with Gasteiger partial charge in [-0.3, -0.25) is 9.79 Å². The molecule has 0 heterocycles. The van der Waals surface area contributed by atoms with E-state index >= 15 is 0 Å². The van der Waals surface area contributed by atoms with E-state index in [0.29, 0.717) is 37.8 Å². The number of nitrogens with one attached hydrogen (secondary N) is 3. The third kappa shape index (κ3) is 9.12. The average molecular weight is 514 g/mol. The minimum atomic E-state index is -0.340. The van der Waals surface area contributed by atoms with Crippen LogP contribution < -0.4 is 20.7 Å². The molecule has 0 aliphatic carbocycles. The molecule has 0 aliphatic rings. The zero-order chi connectivity index (χ0) is 20.2. The molecule has 29 heavy (non-hydrogen) atoms. The summed E-state index contributed by atoms with van der Waals surface area (Å²) in [5, 5.41) is 9.17. The lowest BCUT2D eigenvalue weighted by Gasteiger charge is -2.14. The van der Waals surface area contributed by atoms with Gasteiger partial charge in [-0.2, -0.15) is 0 Å². The number of hydrogen-bond acceptors (Lipinski definition) is 3. The number of aliphatic imine (C=N–C) groups is 1. The van der Waals surface area contributed by atoms with E-state index in [-0.39, 0.29) is 42.1 Å². The predicted molar refractivity (Wildman–Crippen MR) is 124 cm³/mol. The normalized spacial score (nSPS) is 10.7. The smallest absolute Gasteiger partial charge is 0.224 e. The number of halogens is 2. The van der Waals surface area contributed by atoms with E-state index in [1.165, 1.54) is 12.1 Å². The highest BCUT2D eigenvalue weighted by Crippen LogP contribution is 2.17. The predicted octanol–water partition coefficient (Wildman–Crippen LogP) is 2.87. The molecule has 0 aromatic heterocycles. The van der Waals surface area contributed by atoms with Gasteiger partial charge >= 0.3 is 0 Å². The van der Waals surface area contributed by atoms with Crippen molar-refractivity contribution in [1.82, 2.24) is 16.0 Å². The van der Waals surface area contributed by atoms with Gasteiger partial charge in [0.25, 0.3) is 0 Å². The molecule has 2 rings (SSSR count). The monoisotopic (exact) mass is 514 g/mol. The van der Waals surface area contributed by atoms with E-state index in [0.717, 1.165) is 11.3 Å². The van der Waals surface area contributed by atoms with E-state index in [1.807, 2.05) is 31.2 Å². The van der Waals surface area contributed by atoms with Crippen LogP contribution in [0.1, 0.15) is 18.1 Å². The van der Waals surface area contributed by atoms with Gasteiger partial charge in [0.1, 0.15) is 11.6 Å². The van der Waals surface area contributed by atoms with Crippen molar-refractivity contribution in [3.63, 3.8) is 0 Å². The van der Waals surface area contributed by atoms with Gasteiger partial charge in [-0.05, 0) is 30.7 Å². The zero-order valence-electron chi connectivity index (χ0n) is 16.7. The molecule has 8 heteroatoms. The first-order valence-electron chi connectivity index (χ1n) is 9.28. The highest BCUT2D eigenvalue weighted by Gasteiger charge is 2.05. The molecule has 0 spiro atoms. The maximum atomic E-state index is 13.1. The maximum Gasteiger partial charge on any atom is 0.224 e. The Labute approximate surface area is 188 Å². The Kier molecular flexibility index (Phi) is 11.7. The summed E-state index contributed by atoms with van der Waals surface area (Å²) in [6, 6.07) is 13.9. The molecular formula is C21H28FIN4O2. The Morgan fingerprint density at radius 1 is 1.07 bits per heavy atom. The van der Waals surface area contributed by atoms with Crippen LogP contribution in [0.15, 0.2) is 53.5 Å². The fourth-order valence-electron chi connectivity index (χ4n) is 2.62. The van der Waals surface area contributed by atoms with Crippen molar-refractivity contribution in [2.24, 2.45) is 4.99 Å². The Hall–Kier alpha value is -2.36. The Bertz CT molecular complexity index is 802. The lowest BCUT2D eigenvalue weighted by atomic mass is 10.1. The van der Waals surface area contributed by atoms with Crippen LogP contribution in [-0.2, 0) is 17.8 Å². The first-order valence-corrected chi connectivity index (χ1v) is 9.28. The SMILES string of the molecule is CCOc1ccccc1CNC(=NC)NCCNC(=O)Cc1cccc(F)c1.I. The highest BCUT2D eigenvalue weighted by molar-refractivity contribution is 14.0. The van der Waals surface area contributed by atoms with Crippen molar-refractivity contribution in [3.05, 3.63) is 65.5 Å². The van der Waals surface area contributed by atoms with E-state index in [4.69, 9.17) is 4.74 Å². The molecule has 0 fully saturated rings. The van der Waals surface area contributed by atoms with Crippen molar-refractivity contribution >= 4 is 35.8 Å². The second-order valence-electron chi connectivity index (χ2n) is 6.05. The Morgan fingerprint density at radius 3 is 2.55 bits per heavy atom. The number of carbonyl (C=O) groups excluding carboxylic acids is 1. The molecule has 6 nitrogen and oxygen atoms in total. The third-order valence-electron chi connectivity index (χ3n) is 3.94. The van der Waals surface area contributed by atoms with Crippen molar-refractivity contribution in [2.75, 3.05) is 26.7 Å². The summed E-state index contributed by atoms with van der Waals surface area (Å²) in [7, 11) is 1.69. The molecule has 0 bridgehead atoms. The van der Waals surface area contributed by atoms with E-state index < -0.39 is 0 Å². The number of nitrogens with zero attached hydrogens (tertiary/aromatic N) is 1. The molecule has 0 saturated carbocycles. The molecule has 2 aromatic carbocycles. The second-order valence-corrected chi connectivity index (χ2v) is 6.05. The van der Waals surface area contributed by atoms with Gasteiger partial charge in [-0.1, -0.05) is 30.3 Å². The third-order valence-corrected chi connectivity index (χ3v) is 3.94. The van der Waals surface area contributed by atoms with Crippen molar-refractivity contribution in [3.8, 4) is 5.75 Å². The van der Waals surface area contributed by atoms with Crippen LogP contribution in [0.25, 0.3) is 0 Å². The molecule has 0 radical (unpaired) electrons. The molecule has 158 valence electrons. The molecule has 1 amide bonds. The van der Waals surface area contributed by atoms with Crippen LogP contribution in [0.5, 0.6) is 5.75 Å². The molecule has 0 unspecified atom stereocenters. The summed E-state index contributed by atoms with van der Waals surface area (Å²) in [6.07, 6.45) is 0.152. The summed E-state index contributed by atoms with van der Waals surface area (Å²) in [5.41, 5.74) is 1.69. The lowest BCUT2D eigenvalue weighted by molar-refractivity contribution is -0.120. The minimum absolute atomic E-state index is 0. The van der Waals surface area contributed by atoms with Gasteiger partial charge in [-0.15, -0.1) is 24.0 Å². The van der Waals surface area contributed by atoms with Crippen molar-refractivity contribution in [1.29, 1.82) is 0 Å². The molecule has 0 atom stereocenters. The number of carbonyl (C=O) groups is 1. The average Bonchev–Trinajstić information content (AvgIpc) is 2.69. The number of guanidine groups is 1. The molecule has 0 aliphatic heterocycles. The summed E-state index contributed by atoms with van der Waals surface area (Å²) < 4.78 is 18.8. The van der Waals surface area contributed by atoms with Crippen LogP contribution in [0.2, 0.25) is 0 Å². The fraction of sp³-hybridized carbons (Fsp3) is 0.333. The van der Waals surface area contributed by atoms with Gasteiger partial charge in [0, 0.05) is 32.2 Å². The number of ether oxygens (including phenoxy) is 1. The molecule has 2 aromatic rings. The van der Waals surface area contributed by atoms with E-state index in [2.05, 4.69) is 20.9 Å². The first kappa shape index (κ1) is 24.7. The summed E-state index contributed by atoms with van der Waals surface area (Å²) in [4.78, 5) is 16.1. The number of rotatable bonds is 9. The van der Waals surface area contributed by atoms with Crippen LogP contribution in [0.3, 0.4) is 0 Å². The van der Waals surface area contributed by atoms with Gasteiger partial charge in [0.15, 0.2) is 5.96 Å². The Morgan fingerprint density at radius 2 is 1.83 bits per heavy atom. The summed E-state index contributed by atoms with van der Waals surface area (Å²) >= 11 is 0. The van der Waals surface area contributed by atoms with Crippen LogP contribution >= 0.6 is 24.0 Å². The maximum absolute atomic E-state index is 13.1. The summed E-state index contributed by atoms with van der Waals surface area (Å²) in [6.45, 7) is 4.08. The standard InChI is InChI=1S/C21H27FN4O2.HI/c1-3-28-19-10-5-4-8-17(19)15-26-21(23-2)25-12-11-24-20(27)14-16-7-6-9-18(22)13-16;/h4-10,13H,3,11-12,14-15H2,1-2H3,(H,24,27)(H2,23,25,26);1H. The van der Waals surface area contributed by atoms with E-state index in [9.17, 15) is 9.18 Å². The number of para-hydroxylation sites is 1. The number of amides is 1. The van der Waals surface area contributed by atoms with Gasteiger partial charge in [0.2, 0.25) is 5.91 Å². The summed E-state index contributed by atoms with van der Waals surface area (Å²) in [5.74, 6) is 0.983. The lowest BCUT2D eigenvalue weighted by Crippen LogP contribution is -2.41. The minimum Gasteiger partial charge on any atom is -0.494 e. The second kappa shape index (κ2) is 13.8. The highest BCUT2D eigenvalue weighted by atomic mass is 127. The van der Waals surface area contributed by atoms with Crippen molar-refractivity contribution < 1.29 is 13.9 Å². The van der Waals surface area contributed by atoms with Gasteiger partial charge in [0.05, 0.1) is 13.0 Å². The number of benzene rings is 2. The van der Waals surface area contributed by atoms with E-state index in [1.54, 1.807) is 19.2 Å². The first-order chi connectivity index (χ1) is 13.6. The van der Waals surface area contributed by atoms with Gasteiger partial charge in [-0.25, -0.2) is 4.39 Å². The molecular weight excluding hydrogens is 486 g/mol. The topological polar surface area (TPSA) is 74.8 Å². The molecule has 0 saturated heterocycles.